The van der Waals surface area contributed by atoms with E-state index in [2.05, 4.69) is 14.7 Å². The number of alkyl halides is 2. The Morgan fingerprint density at radius 2 is 2.10 bits per heavy atom. The molecular formula is C13H10F2N2O4. The van der Waals surface area contributed by atoms with Crippen LogP contribution in [-0.2, 0) is 0 Å². The molecule has 0 amide bonds. The van der Waals surface area contributed by atoms with Gasteiger partial charge in [0.1, 0.15) is 11.5 Å². The van der Waals surface area contributed by atoms with E-state index in [0.29, 0.717) is 5.56 Å². The highest BCUT2D eigenvalue weighted by Crippen LogP contribution is 2.32. The highest BCUT2D eigenvalue weighted by molar-refractivity contribution is 5.85. The summed E-state index contributed by atoms with van der Waals surface area (Å²) in [4.78, 5) is 18.6. The number of benzene rings is 1. The van der Waals surface area contributed by atoms with Crippen molar-refractivity contribution in [2.75, 3.05) is 7.11 Å². The Balaban J connectivity index is 2.43. The summed E-state index contributed by atoms with van der Waals surface area (Å²) in [6, 6.07) is 4.00. The molecule has 2 rings (SSSR count). The van der Waals surface area contributed by atoms with Crippen molar-refractivity contribution in [2.45, 2.75) is 6.61 Å². The molecule has 6 nitrogen and oxygen atoms in total. The van der Waals surface area contributed by atoms with Gasteiger partial charge in [-0.1, -0.05) is 0 Å². The lowest BCUT2D eigenvalue weighted by atomic mass is 10.1. The van der Waals surface area contributed by atoms with E-state index in [9.17, 15) is 13.6 Å². The lowest BCUT2D eigenvalue weighted by Crippen LogP contribution is -2.04. The van der Waals surface area contributed by atoms with Crippen LogP contribution in [0.5, 0.6) is 11.5 Å². The van der Waals surface area contributed by atoms with E-state index in [1.807, 2.05) is 0 Å². The van der Waals surface area contributed by atoms with E-state index in [-0.39, 0.29) is 22.9 Å². The summed E-state index contributed by atoms with van der Waals surface area (Å²) in [5, 5.41) is 8.89. The molecule has 1 N–H and O–H groups in total. The van der Waals surface area contributed by atoms with Crippen molar-refractivity contribution in [3.05, 3.63) is 36.3 Å². The summed E-state index contributed by atoms with van der Waals surface area (Å²) in [7, 11) is 1.35. The molecule has 0 aliphatic heterocycles. The summed E-state index contributed by atoms with van der Waals surface area (Å²) < 4.78 is 33.7. The van der Waals surface area contributed by atoms with Crippen LogP contribution >= 0.6 is 0 Å². The number of carboxylic acids is 1. The molecule has 1 aromatic carbocycles. The highest BCUT2D eigenvalue weighted by atomic mass is 19.3. The predicted molar refractivity (Wildman–Crippen MR) is 67.6 cm³/mol. The Morgan fingerprint density at radius 3 is 2.71 bits per heavy atom. The summed E-state index contributed by atoms with van der Waals surface area (Å²) in [5.74, 6) is -1.08. The zero-order valence-corrected chi connectivity index (χ0v) is 10.8. The van der Waals surface area contributed by atoms with Crippen molar-refractivity contribution >= 4 is 5.97 Å². The second kappa shape index (κ2) is 6.12. The van der Waals surface area contributed by atoms with Crippen LogP contribution in [0.2, 0.25) is 0 Å². The van der Waals surface area contributed by atoms with E-state index in [1.165, 1.54) is 31.5 Å². The van der Waals surface area contributed by atoms with Crippen LogP contribution in [-0.4, -0.2) is 34.8 Å². The molecule has 8 heteroatoms. The lowest BCUT2D eigenvalue weighted by molar-refractivity contribution is -0.0499. The maximum Gasteiger partial charge on any atom is 0.387 e. The minimum atomic E-state index is -2.95. The standard InChI is InChI=1S/C13H10F2N2O4/c1-20-11-4-7(21-13(14)15)2-3-8(11)9-5-16-6-10(17-9)12(18)19/h2-6,13H,1H3,(H,18,19). The highest BCUT2D eigenvalue weighted by Gasteiger charge is 2.14. The van der Waals surface area contributed by atoms with E-state index in [0.717, 1.165) is 6.20 Å². The van der Waals surface area contributed by atoms with Crippen LogP contribution in [0.25, 0.3) is 11.3 Å². The molecule has 1 aromatic heterocycles. The van der Waals surface area contributed by atoms with Gasteiger partial charge in [-0.2, -0.15) is 8.78 Å². The quantitative estimate of drug-likeness (QED) is 0.912. The zero-order chi connectivity index (χ0) is 15.4. The number of carboxylic acid groups (broad SMARTS) is 1. The molecule has 0 saturated carbocycles. The second-order valence-corrected chi connectivity index (χ2v) is 3.84. The number of aromatic carboxylic acids is 1. The summed E-state index contributed by atoms with van der Waals surface area (Å²) in [6.07, 6.45) is 2.45. The molecule has 0 atom stereocenters. The smallest absolute Gasteiger partial charge is 0.387 e. The first-order valence-electron chi connectivity index (χ1n) is 5.70. The van der Waals surface area contributed by atoms with Crippen LogP contribution in [0.15, 0.2) is 30.6 Å². The number of carbonyl (C=O) groups is 1. The van der Waals surface area contributed by atoms with Gasteiger partial charge in [-0.3, -0.25) is 4.98 Å². The first-order valence-corrected chi connectivity index (χ1v) is 5.70. The third-order valence-electron chi connectivity index (χ3n) is 2.53. The monoisotopic (exact) mass is 296 g/mol. The lowest BCUT2D eigenvalue weighted by Gasteiger charge is -2.11. The number of methoxy groups -OCH3 is 1. The molecule has 0 unspecified atom stereocenters. The number of nitrogens with zero attached hydrogens (tertiary/aromatic N) is 2. The Morgan fingerprint density at radius 1 is 1.33 bits per heavy atom. The summed E-state index contributed by atoms with van der Waals surface area (Å²) >= 11 is 0. The Labute approximate surface area is 118 Å². The molecule has 0 spiro atoms. The molecule has 0 saturated heterocycles. The van der Waals surface area contributed by atoms with Crippen LogP contribution in [0.3, 0.4) is 0 Å². The van der Waals surface area contributed by atoms with Crippen LogP contribution in [0, 0.1) is 0 Å². The average molecular weight is 296 g/mol. The summed E-state index contributed by atoms with van der Waals surface area (Å²) in [6.45, 7) is -2.95. The molecule has 1 heterocycles. The van der Waals surface area contributed by atoms with Crippen molar-refractivity contribution in [1.29, 1.82) is 0 Å². The Hall–Kier alpha value is -2.77. The minimum Gasteiger partial charge on any atom is -0.496 e. The van der Waals surface area contributed by atoms with Gasteiger partial charge in [-0.15, -0.1) is 0 Å². The van der Waals surface area contributed by atoms with Crippen LogP contribution in [0.4, 0.5) is 8.78 Å². The molecule has 0 aliphatic rings. The van der Waals surface area contributed by atoms with Gasteiger partial charge in [0.25, 0.3) is 0 Å². The molecule has 110 valence electrons. The first kappa shape index (κ1) is 14.6. The van der Waals surface area contributed by atoms with Crippen molar-refractivity contribution in [3.8, 4) is 22.8 Å². The second-order valence-electron chi connectivity index (χ2n) is 3.84. The largest absolute Gasteiger partial charge is 0.496 e. The number of ether oxygens (including phenoxy) is 2. The molecule has 0 aliphatic carbocycles. The summed E-state index contributed by atoms with van der Waals surface area (Å²) in [5.41, 5.74) is 0.424. The zero-order valence-electron chi connectivity index (χ0n) is 10.8. The van der Waals surface area contributed by atoms with Gasteiger partial charge in [0.05, 0.1) is 25.2 Å². The molecular weight excluding hydrogens is 286 g/mol. The normalized spacial score (nSPS) is 10.5. The molecule has 0 radical (unpaired) electrons. The van der Waals surface area contributed by atoms with Crippen molar-refractivity contribution < 1.29 is 28.2 Å². The van der Waals surface area contributed by atoms with Crippen molar-refractivity contribution in [3.63, 3.8) is 0 Å². The number of halogens is 2. The average Bonchev–Trinajstić information content (AvgIpc) is 2.46. The molecule has 0 fully saturated rings. The van der Waals surface area contributed by atoms with Gasteiger partial charge in [0, 0.05) is 11.6 Å². The maximum absolute atomic E-state index is 12.2. The fourth-order valence-corrected chi connectivity index (χ4v) is 1.66. The Kier molecular flexibility index (Phi) is 4.27. The van der Waals surface area contributed by atoms with Crippen molar-refractivity contribution in [1.82, 2.24) is 9.97 Å². The third-order valence-corrected chi connectivity index (χ3v) is 2.53. The number of hydrogen-bond donors (Lipinski definition) is 1. The van der Waals surface area contributed by atoms with E-state index in [1.54, 1.807) is 0 Å². The van der Waals surface area contributed by atoms with E-state index < -0.39 is 12.6 Å². The van der Waals surface area contributed by atoms with E-state index in [4.69, 9.17) is 9.84 Å². The van der Waals surface area contributed by atoms with Crippen LogP contribution < -0.4 is 9.47 Å². The fourth-order valence-electron chi connectivity index (χ4n) is 1.66. The number of aromatic nitrogens is 2. The maximum atomic E-state index is 12.2. The van der Waals surface area contributed by atoms with Crippen molar-refractivity contribution in [2.24, 2.45) is 0 Å². The SMILES string of the molecule is COc1cc(OC(F)F)ccc1-c1cncc(C(=O)O)n1. The first-order chi connectivity index (χ1) is 10.0. The van der Waals surface area contributed by atoms with Gasteiger partial charge in [-0.05, 0) is 12.1 Å². The van der Waals surface area contributed by atoms with Gasteiger partial charge in [0.2, 0.25) is 0 Å². The van der Waals surface area contributed by atoms with Gasteiger partial charge in [-0.25, -0.2) is 9.78 Å². The van der Waals surface area contributed by atoms with Gasteiger partial charge in [0.15, 0.2) is 5.69 Å². The van der Waals surface area contributed by atoms with E-state index >= 15 is 0 Å². The van der Waals surface area contributed by atoms with Gasteiger partial charge < -0.3 is 14.6 Å². The minimum absolute atomic E-state index is 0.0760. The molecule has 0 bridgehead atoms. The number of hydrogen-bond acceptors (Lipinski definition) is 5. The topological polar surface area (TPSA) is 81.5 Å². The molecule has 21 heavy (non-hydrogen) atoms. The van der Waals surface area contributed by atoms with Crippen LogP contribution in [0.1, 0.15) is 10.5 Å². The Bertz CT molecular complexity index is 664. The number of rotatable bonds is 5. The van der Waals surface area contributed by atoms with Gasteiger partial charge >= 0.3 is 12.6 Å². The predicted octanol–water partition coefficient (Wildman–Crippen LogP) is 2.45. The third kappa shape index (κ3) is 3.41. The molecule has 2 aromatic rings. The fraction of sp³-hybridized carbons (Fsp3) is 0.154.